The first-order valence-electron chi connectivity index (χ1n) is 18.5. The molecule has 1 saturated heterocycles. The molecule has 1 aromatic carbocycles. The van der Waals surface area contributed by atoms with E-state index in [1.807, 2.05) is 78.8 Å². The molecule has 5 amide bonds. The maximum atomic E-state index is 14.1. The van der Waals surface area contributed by atoms with Crippen LogP contribution in [0.25, 0.3) is 0 Å². The minimum absolute atomic E-state index is 0.00614. The van der Waals surface area contributed by atoms with Crippen molar-refractivity contribution in [2.24, 2.45) is 29.4 Å². The maximum Gasteiger partial charge on any atom is 0.326 e. The number of hydrogen-bond acceptors (Lipinski definition) is 7. The van der Waals surface area contributed by atoms with E-state index in [-0.39, 0.29) is 42.9 Å². The van der Waals surface area contributed by atoms with Gasteiger partial charge in [-0.05, 0) is 61.3 Å². The lowest BCUT2D eigenvalue weighted by molar-refractivity contribution is -0.144. The van der Waals surface area contributed by atoms with Crippen LogP contribution in [0.5, 0.6) is 0 Å². The molecule has 13 nitrogen and oxygen atoms in total. The van der Waals surface area contributed by atoms with Gasteiger partial charge in [0.05, 0.1) is 6.04 Å². The quantitative estimate of drug-likeness (QED) is 0.118. The molecule has 1 fully saturated rings. The van der Waals surface area contributed by atoms with E-state index in [1.165, 1.54) is 4.90 Å². The van der Waals surface area contributed by atoms with E-state index in [0.717, 1.165) is 5.56 Å². The molecule has 0 unspecified atom stereocenters. The number of carbonyl (C=O) groups is 6. The standard InChI is InChI=1S/C38H62N6O7/c1-9-25(8)32(38(50)51)43-35(47)29(20-24(6)7)40-34(46)28(19-23(4)5)41-36(48)31-16-13-17-44(31)37(49)30(21-26-14-11-10-12-15-26)42-33(45)27(39)18-22(2)3/h10-12,14-15,22-25,27-32H,9,13,16-21,39H2,1-8H3,(H,40,46)(H,41,48)(H,42,45)(H,43,47)(H,50,51)/t25-,27-,28-,29+,30+,31-,32-/m0/s1. The highest BCUT2D eigenvalue weighted by Crippen LogP contribution is 2.21. The highest BCUT2D eigenvalue weighted by Gasteiger charge is 2.40. The van der Waals surface area contributed by atoms with Crippen molar-refractivity contribution in [3.05, 3.63) is 35.9 Å². The normalized spacial score (nSPS) is 18.0. The van der Waals surface area contributed by atoms with Crippen LogP contribution in [0.4, 0.5) is 0 Å². The lowest BCUT2D eigenvalue weighted by Crippen LogP contribution is -2.59. The van der Waals surface area contributed by atoms with Crippen molar-refractivity contribution in [3.63, 3.8) is 0 Å². The Morgan fingerprint density at radius 1 is 0.765 bits per heavy atom. The van der Waals surface area contributed by atoms with Crippen LogP contribution < -0.4 is 27.0 Å². The minimum atomic E-state index is -1.16. The smallest absolute Gasteiger partial charge is 0.326 e. The Bertz CT molecular complexity index is 1320. The van der Waals surface area contributed by atoms with Gasteiger partial charge in [0.2, 0.25) is 29.5 Å². The molecule has 1 aliphatic rings. The number of amides is 5. The third-order valence-electron chi connectivity index (χ3n) is 9.25. The summed E-state index contributed by atoms with van der Waals surface area (Å²) in [6.07, 6.45) is 2.64. The van der Waals surface area contributed by atoms with Gasteiger partial charge < -0.3 is 37.0 Å². The number of likely N-dealkylation sites (tertiary alicyclic amines) is 1. The van der Waals surface area contributed by atoms with Crippen molar-refractivity contribution < 1.29 is 33.9 Å². The van der Waals surface area contributed by atoms with Crippen LogP contribution in [0, 0.1) is 23.7 Å². The zero-order valence-corrected chi connectivity index (χ0v) is 31.7. The Balaban J connectivity index is 2.28. The SMILES string of the molecule is CC[C@H](C)[C@H](NC(=O)[C@@H](CC(C)C)NC(=O)[C@H](CC(C)C)NC(=O)[C@@H]1CCCN1C(=O)[C@@H](Cc1ccccc1)NC(=O)[C@@H](N)CC(C)C)C(=O)O. The number of nitrogens with zero attached hydrogens (tertiary/aromatic N) is 1. The molecule has 7 atom stereocenters. The summed E-state index contributed by atoms with van der Waals surface area (Å²) in [6.45, 7) is 15.4. The first kappa shape index (κ1) is 43.2. The maximum absolute atomic E-state index is 14.1. The van der Waals surface area contributed by atoms with Gasteiger partial charge in [0.1, 0.15) is 30.2 Å². The van der Waals surface area contributed by atoms with E-state index in [4.69, 9.17) is 5.73 Å². The molecule has 2 rings (SSSR count). The fourth-order valence-electron chi connectivity index (χ4n) is 6.33. The van der Waals surface area contributed by atoms with E-state index in [9.17, 15) is 33.9 Å². The molecule has 0 bridgehead atoms. The van der Waals surface area contributed by atoms with Crippen molar-refractivity contribution in [1.82, 2.24) is 26.2 Å². The van der Waals surface area contributed by atoms with E-state index >= 15 is 0 Å². The van der Waals surface area contributed by atoms with Gasteiger partial charge in [-0.15, -0.1) is 0 Å². The summed E-state index contributed by atoms with van der Waals surface area (Å²) in [5.41, 5.74) is 6.99. The molecule has 13 heteroatoms. The van der Waals surface area contributed by atoms with Crippen molar-refractivity contribution in [1.29, 1.82) is 0 Å². The lowest BCUT2D eigenvalue weighted by atomic mass is 9.97. The first-order valence-corrected chi connectivity index (χ1v) is 18.5. The molecule has 286 valence electrons. The number of carbonyl (C=O) groups excluding carboxylic acids is 5. The van der Waals surface area contributed by atoms with E-state index < -0.39 is 71.8 Å². The third-order valence-corrected chi connectivity index (χ3v) is 9.25. The van der Waals surface area contributed by atoms with Gasteiger partial charge in [-0.2, -0.15) is 0 Å². The molecule has 0 spiro atoms. The summed E-state index contributed by atoms with van der Waals surface area (Å²) >= 11 is 0. The summed E-state index contributed by atoms with van der Waals surface area (Å²) in [6, 6.07) is 3.50. The van der Waals surface area contributed by atoms with E-state index in [0.29, 0.717) is 32.2 Å². The Kier molecular flexibility index (Phi) is 17.6. The zero-order chi connectivity index (χ0) is 38.4. The van der Waals surface area contributed by atoms with Gasteiger partial charge in [-0.1, -0.05) is 92.1 Å². The molecule has 7 N–H and O–H groups in total. The molecule has 1 heterocycles. The summed E-state index contributed by atoms with van der Waals surface area (Å²) in [5.74, 6) is -3.85. The van der Waals surface area contributed by atoms with Crippen molar-refractivity contribution in [2.45, 2.75) is 137 Å². The number of carboxylic acids is 1. The summed E-state index contributed by atoms with van der Waals surface area (Å²) in [5, 5.41) is 20.8. The fraction of sp³-hybridized carbons (Fsp3) is 0.684. The summed E-state index contributed by atoms with van der Waals surface area (Å²) in [7, 11) is 0. The molecule has 1 aliphatic heterocycles. The highest BCUT2D eigenvalue weighted by molar-refractivity contribution is 5.96. The van der Waals surface area contributed by atoms with Crippen LogP contribution in [0.1, 0.15) is 99.5 Å². The van der Waals surface area contributed by atoms with Gasteiger partial charge in [-0.25, -0.2) is 4.79 Å². The Hall–Kier alpha value is -4.00. The van der Waals surface area contributed by atoms with Crippen LogP contribution >= 0.6 is 0 Å². The molecular formula is C38H62N6O7. The number of aliphatic carboxylic acids is 1. The molecule has 51 heavy (non-hydrogen) atoms. The minimum Gasteiger partial charge on any atom is -0.480 e. The first-order chi connectivity index (χ1) is 23.9. The van der Waals surface area contributed by atoms with E-state index in [1.54, 1.807) is 6.92 Å². The van der Waals surface area contributed by atoms with Gasteiger partial charge in [0.15, 0.2) is 0 Å². The fourth-order valence-corrected chi connectivity index (χ4v) is 6.33. The number of hydrogen-bond donors (Lipinski definition) is 6. The third kappa shape index (κ3) is 13.9. The van der Waals surface area contributed by atoms with Crippen molar-refractivity contribution in [3.8, 4) is 0 Å². The second-order valence-electron chi connectivity index (χ2n) is 15.3. The van der Waals surface area contributed by atoms with Gasteiger partial charge in [0.25, 0.3) is 0 Å². The molecule has 0 aromatic heterocycles. The molecule has 1 aromatic rings. The Labute approximate surface area is 303 Å². The van der Waals surface area contributed by atoms with E-state index in [2.05, 4.69) is 21.3 Å². The number of rotatable bonds is 20. The van der Waals surface area contributed by atoms with Gasteiger partial charge in [-0.3, -0.25) is 24.0 Å². The Morgan fingerprint density at radius 3 is 1.82 bits per heavy atom. The highest BCUT2D eigenvalue weighted by atomic mass is 16.4. The number of nitrogens with two attached hydrogens (primary N) is 1. The largest absolute Gasteiger partial charge is 0.480 e. The van der Waals surface area contributed by atoms with Gasteiger partial charge >= 0.3 is 5.97 Å². The summed E-state index contributed by atoms with van der Waals surface area (Å²) in [4.78, 5) is 81.6. The molecule has 0 saturated carbocycles. The topological polar surface area (TPSA) is 200 Å². The predicted octanol–water partition coefficient (Wildman–Crippen LogP) is 2.76. The van der Waals surface area contributed by atoms with Crippen LogP contribution in [0.15, 0.2) is 30.3 Å². The number of carboxylic acid groups (broad SMARTS) is 1. The molecular weight excluding hydrogens is 652 g/mol. The lowest BCUT2D eigenvalue weighted by Gasteiger charge is -2.31. The average Bonchev–Trinajstić information content (AvgIpc) is 3.55. The van der Waals surface area contributed by atoms with Gasteiger partial charge in [0, 0.05) is 13.0 Å². The van der Waals surface area contributed by atoms with Crippen LogP contribution in [-0.2, 0) is 35.2 Å². The van der Waals surface area contributed by atoms with Crippen LogP contribution in [-0.4, -0.2) is 88.3 Å². The molecule has 0 radical (unpaired) electrons. The monoisotopic (exact) mass is 714 g/mol. The second-order valence-corrected chi connectivity index (χ2v) is 15.3. The van der Waals surface area contributed by atoms with Crippen molar-refractivity contribution in [2.75, 3.05) is 6.54 Å². The molecule has 0 aliphatic carbocycles. The average molecular weight is 715 g/mol. The van der Waals surface area contributed by atoms with Crippen molar-refractivity contribution >= 4 is 35.5 Å². The second kappa shape index (κ2) is 20.8. The Morgan fingerprint density at radius 2 is 1.29 bits per heavy atom. The summed E-state index contributed by atoms with van der Waals surface area (Å²) < 4.78 is 0. The zero-order valence-electron chi connectivity index (χ0n) is 31.7. The van der Waals surface area contributed by atoms with Crippen LogP contribution in [0.3, 0.4) is 0 Å². The predicted molar refractivity (Wildman–Crippen MR) is 196 cm³/mol. The van der Waals surface area contributed by atoms with Crippen LogP contribution in [0.2, 0.25) is 0 Å². The number of benzene rings is 1. The number of nitrogens with one attached hydrogen (secondary N) is 4.